The smallest absolute Gasteiger partial charge is 0.376 e. The minimum Gasteiger partial charge on any atom is -0.376 e. The SMILES string of the molecule is Cc1ccccc1C1CCCc2cc(OS(=O)(=O)C(F)(F)F)ccc2C1=O. The predicted octanol–water partition coefficient (Wildman–Crippen LogP) is 4.53. The van der Waals surface area contributed by atoms with E-state index < -0.39 is 21.4 Å². The maximum Gasteiger partial charge on any atom is 0.534 e. The summed E-state index contributed by atoms with van der Waals surface area (Å²) in [6.45, 7) is 1.92. The van der Waals surface area contributed by atoms with Gasteiger partial charge in [-0.25, -0.2) is 0 Å². The Kier molecular flexibility index (Phi) is 5.03. The molecule has 1 atom stereocenters. The van der Waals surface area contributed by atoms with Gasteiger partial charge in [0.15, 0.2) is 5.78 Å². The molecule has 1 unspecified atom stereocenters. The Labute approximate surface area is 155 Å². The minimum absolute atomic E-state index is 0.123. The fourth-order valence-corrected chi connectivity index (χ4v) is 3.78. The van der Waals surface area contributed by atoms with Crippen molar-refractivity contribution in [3.05, 3.63) is 64.7 Å². The zero-order valence-electron chi connectivity index (χ0n) is 14.4. The first-order valence-corrected chi connectivity index (χ1v) is 9.74. The van der Waals surface area contributed by atoms with E-state index in [0.717, 1.165) is 17.2 Å². The molecular weight excluding hydrogens is 381 g/mol. The van der Waals surface area contributed by atoms with Crippen LogP contribution in [0.1, 0.15) is 45.8 Å². The van der Waals surface area contributed by atoms with Crippen LogP contribution in [0.5, 0.6) is 5.75 Å². The van der Waals surface area contributed by atoms with Crippen LogP contribution in [0.4, 0.5) is 13.2 Å². The monoisotopic (exact) mass is 398 g/mol. The van der Waals surface area contributed by atoms with Crippen LogP contribution in [0.3, 0.4) is 0 Å². The van der Waals surface area contributed by atoms with Crippen LogP contribution < -0.4 is 4.18 Å². The van der Waals surface area contributed by atoms with Crippen molar-refractivity contribution >= 4 is 15.9 Å². The van der Waals surface area contributed by atoms with Crippen LogP contribution in [-0.4, -0.2) is 19.7 Å². The van der Waals surface area contributed by atoms with Gasteiger partial charge in [0.1, 0.15) is 5.75 Å². The van der Waals surface area contributed by atoms with Crippen molar-refractivity contribution in [1.29, 1.82) is 0 Å². The highest BCUT2D eigenvalue weighted by Gasteiger charge is 2.48. The average molecular weight is 398 g/mol. The first-order valence-electron chi connectivity index (χ1n) is 8.33. The van der Waals surface area contributed by atoms with E-state index in [1.807, 2.05) is 31.2 Å². The molecule has 0 bridgehead atoms. The van der Waals surface area contributed by atoms with Crippen molar-refractivity contribution in [3.63, 3.8) is 0 Å². The molecule has 3 rings (SSSR count). The first-order chi connectivity index (χ1) is 12.6. The van der Waals surface area contributed by atoms with E-state index in [4.69, 9.17) is 0 Å². The molecule has 0 aliphatic heterocycles. The lowest BCUT2D eigenvalue weighted by Crippen LogP contribution is -2.28. The number of fused-ring (bicyclic) bond motifs is 1. The molecule has 0 saturated heterocycles. The van der Waals surface area contributed by atoms with Crippen molar-refractivity contribution in [2.45, 2.75) is 37.6 Å². The molecule has 0 radical (unpaired) electrons. The number of hydrogen-bond acceptors (Lipinski definition) is 4. The summed E-state index contributed by atoms with van der Waals surface area (Å²) in [5, 5.41) is 0. The first kappa shape index (κ1) is 19.4. The van der Waals surface area contributed by atoms with E-state index in [9.17, 15) is 26.4 Å². The van der Waals surface area contributed by atoms with Gasteiger partial charge in [-0.2, -0.15) is 21.6 Å². The molecule has 144 valence electrons. The maximum absolute atomic E-state index is 13.0. The van der Waals surface area contributed by atoms with E-state index >= 15 is 0 Å². The third-order valence-corrected chi connectivity index (χ3v) is 5.63. The van der Waals surface area contributed by atoms with Crippen molar-refractivity contribution in [2.24, 2.45) is 0 Å². The number of carbonyl (C=O) groups excluding carboxylic acids is 1. The normalized spacial score (nSPS) is 17.9. The summed E-state index contributed by atoms with van der Waals surface area (Å²) in [6, 6.07) is 11.2. The molecule has 0 saturated carbocycles. The quantitative estimate of drug-likeness (QED) is 0.433. The number of hydrogen-bond donors (Lipinski definition) is 0. The summed E-state index contributed by atoms with van der Waals surface area (Å²) in [5.74, 6) is -0.909. The van der Waals surface area contributed by atoms with Crippen LogP contribution in [0.15, 0.2) is 42.5 Å². The van der Waals surface area contributed by atoms with Crippen LogP contribution in [-0.2, 0) is 16.5 Å². The second-order valence-electron chi connectivity index (χ2n) is 6.47. The number of aryl methyl sites for hydroxylation is 2. The second-order valence-corrected chi connectivity index (χ2v) is 8.01. The highest BCUT2D eigenvalue weighted by Crippen LogP contribution is 2.35. The summed E-state index contributed by atoms with van der Waals surface area (Å²) in [7, 11) is -5.74. The third kappa shape index (κ3) is 3.85. The summed E-state index contributed by atoms with van der Waals surface area (Å²) in [4.78, 5) is 13.0. The molecule has 1 aliphatic rings. The van der Waals surface area contributed by atoms with Gasteiger partial charge in [0.05, 0.1) is 0 Å². The fraction of sp³-hybridized carbons (Fsp3) is 0.316. The molecule has 0 aromatic heterocycles. The number of benzene rings is 2. The molecule has 4 nitrogen and oxygen atoms in total. The molecule has 0 N–H and O–H groups in total. The zero-order chi connectivity index (χ0) is 19.8. The Bertz CT molecular complexity index is 981. The lowest BCUT2D eigenvalue weighted by Gasteiger charge is -2.17. The molecule has 0 spiro atoms. The lowest BCUT2D eigenvalue weighted by atomic mass is 9.86. The molecule has 1 aliphatic carbocycles. The number of carbonyl (C=O) groups is 1. The van der Waals surface area contributed by atoms with Gasteiger partial charge in [0, 0.05) is 11.5 Å². The average Bonchev–Trinajstić information content (AvgIpc) is 2.73. The Hall–Kier alpha value is -2.35. The summed E-state index contributed by atoms with van der Waals surface area (Å²) >= 11 is 0. The predicted molar refractivity (Wildman–Crippen MR) is 93.2 cm³/mol. The number of alkyl halides is 3. The lowest BCUT2D eigenvalue weighted by molar-refractivity contribution is -0.0500. The Morgan fingerprint density at radius 2 is 1.81 bits per heavy atom. The number of rotatable bonds is 3. The second kappa shape index (κ2) is 6.99. The van der Waals surface area contributed by atoms with Crippen LogP contribution in [0.25, 0.3) is 0 Å². The van der Waals surface area contributed by atoms with Crippen molar-refractivity contribution in [2.75, 3.05) is 0 Å². The molecule has 2 aromatic rings. The van der Waals surface area contributed by atoms with Gasteiger partial charge in [-0.1, -0.05) is 24.3 Å². The van der Waals surface area contributed by atoms with E-state index in [0.29, 0.717) is 30.4 Å². The molecule has 2 aromatic carbocycles. The van der Waals surface area contributed by atoms with Crippen molar-refractivity contribution < 1.29 is 30.6 Å². The summed E-state index contributed by atoms with van der Waals surface area (Å²) in [5.41, 5.74) is -2.71. The molecule has 8 heteroatoms. The van der Waals surface area contributed by atoms with Gasteiger partial charge >= 0.3 is 15.6 Å². The Morgan fingerprint density at radius 1 is 1.11 bits per heavy atom. The fourth-order valence-electron chi connectivity index (χ4n) is 3.33. The Morgan fingerprint density at radius 3 is 2.48 bits per heavy atom. The van der Waals surface area contributed by atoms with Gasteiger partial charge in [0.25, 0.3) is 0 Å². The standard InChI is InChI=1S/C19H17F3O4S/c1-12-5-2-3-7-15(12)17-8-4-6-13-11-14(9-10-16(13)18(17)23)26-27(24,25)19(20,21)22/h2-3,5,7,9-11,17H,4,6,8H2,1H3. The van der Waals surface area contributed by atoms with Gasteiger partial charge in [0.2, 0.25) is 0 Å². The van der Waals surface area contributed by atoms with Gasteiger partial charge < -0.3 is 4.18 Å². The van der Waals surface area contributed by atoms with Crippen molar-refractivity contribution in [1.82, 2.24) is 0 Å². The van der Waals surface area contributed by atoms with E-state index in [-0.39, 0.29) is 11.7 Å². The molecule has 0 fully saturated rings. The summed E-state index contributed by atoms with van der Waals surface area (Å²) < 4.78 is 64.0. The van der Waals surface area contributed by atoms with E-state index in [1.165, 1.54) is 12.1 Å². The van der Waals surface area contributed by atoms with Gasteiger partial charge in [-0.15, -0.1) is 0 Å². The summed E-state index contributed by atoms with van der Waals surface area (Å²) in [6.07, 6.45) is 1.70. The van der Waals surface area contributed by atoms with Gasteiger partial charge in [-0.05, 0) is 61.1 Å². The van der Waals surface area contributed by atoms with E-state index in [1.54, 1.807) is 0 Å². The third-order valence-electron chi connectivity index (χ3n) is 4.65. The van der Waals surface area contributed by atoms with Gasteiger partial charge in [-0.3, -0.25) is 4.79 Å². The molecular formula is C19H17F3O4S. The van der Waals surface area contributed by atoms with Crippen LogP contribution in [0, 0.1) is 6.92 Å². The molecule has 0 amide bonds. The largest absolute Gasteiger partial charge is 0.534 e. The van der Waals surface area contributed by atoms with Crippen LogP contribution in [0.2, 0.25) is 0 Å². The number of Topliss-reactive ketones (excluding diaryl/α,β-unsaturated/α-hetero) is 1. The minimum atomic E-state index is -5.74. The topological polar surface area (TPSA) is 60.4 Å². The zero-order valence-corrected chi connectivity index (χ0v) is 15.2. The molecule has 0 heterocycles. The molecule has 27 heavy (non-hydrogen) atoms. The van der Waals surface area contributed by atoms with Crippen LogP contribution >= 0.6 is 0 Å². The Balaban J connectivity index is 1.94. The highest BCUT2D eigenvalue weighted by atomic mass is 32.2. The number of halogens is 3. The maximum atomic E-state index is 13.0. The van der Waals surface area contributed by atoms with Crippen molar-refractivity contribution in [3.8, 4) is 5.75 Å². The van der Waals surface area contributed by atoms with E-state index in [2.05, 4.69) is 4.18 Å². The number of ketones is 1. The highest BCUT2D eigenvalue weighted by molar-refractivity contribution is 7.88.